The highest BCUT2D eigenvalue weighted by Crippen LogP contribution is 2.32. The van der Waals surface area contributed by atoms with Crippen LogP contribution in [0.3, 0.4) is 0 Å². The van der Waals surface area contributed by atoms with Crippen LogP contribution in [-0.2, 0) is 9.59 Å². The van der Waals surface area contributed by atoms with Crippen LogP contribution in [0, 0.1) is 16.0 Å². The van der Waals surface area contributed by atoms with Gasteiger partial charge in [-0.2, -0.15) is 0 Å². The Morgan fingerprint density at radius 1 is 1.03 bits per heavy atom. The number of pyridine rings is 1. The third kappa shape index (κ3) is 4.37. The van der Waals surface area contributed by atoms with Crippen molar-refractivity contribution in [2.45, 2.75) is 31.7 Å². The number of piperidine rings is 2. The molecular formula is C24H24N6O6. The molecule has 1 unspecified atom stereocenters. The molecule has 0 saturated carbocycles. The molecule has 186 valence electrons. The second-order valence-electron chi connectivity index (χ2n) is 9.15. The molecule has 3 aliphatic rings. The Bertz CT molecular complexity index is 1250. The van der Waals surface area contributed by atoms with Crippen molar-refractivity contribution in [1.82, 2.24) is 15.2 Å². The highest BCUT2D eigenvalue weighted by molar-refractivity contribution is 6.23. The zero-order valence-corrected chi connectivity index (χ0v) is 19.3. The molecule has 5 rings (SSSR count). The number of imide groups is 2. The van der Waals surface area contributed by atoms with Gasteiger partial charge in [-0.1, -0.05) is 0 Å². The molecule has 0 spiro atoms. The normalized spacial score (nSPS) is 20.4. The summed E-state index contributed by atoms with van der Waals surface area (Å²) < 4.78 is 0. The lowest BCUT2D eigenvalue weighted by Crippen LogP contribution is -2.54. The Balaban J connectivity index is 1.19. The van der Waals surface area contributed by atoms with Crippen molar-refractivity contribution < 1.29 is 24.1 Å². The van der Waals surface area contributed by atoms with Gasteiger partial charge in [0, 0.05) is 37.8 Å². The maximum atomic E-state index is 13.1. The van der Waals surface area contributed by atoms with Gasteiger partial charge < -0.3 is 20.3 Å². The molecule has 1 aromatic carbocycles. The number of nitrogens with zero attached hydrogens (tertiary/aromatic N) is 4. The average Bonchev–Trinajstić information content (AvgIpc) is 3.12. The summed E-state index contributed by atoms with van der Waals surface area (Å²) in [7, 11) is 0. The molecule has 3 aliphatic heterocycles. The molecule has 12 heteroatoms. The number of nitro groups is 1. The van der Waals surface area contributed by atoms with Crippen LogP contribution in [0.4, 0.5) is 17.2 Å². The van der Waals surface area contributed by atoms with Crippen molar-refractivity contribution in [2.75, 3.05) is 29.9 Å². The highest BCUT2D eigenvalue weighted by atomic mass is 16.6. The van der Waals surface area contributed by atoms with Gasteiger partial charge in [0.25, 0.3) is 11.8 Å². The first-order valence-corrected chi connectivity index (χ1v) is 11.8. The summed E-state index contributed by atoms with van der Waals surface area (Å²) in [6, 6.07) is 7.19. The van der Waals surface area contributed by atoms with E-state index >= 15 is 0 Å². The first-order chi connectivity index (χ1) is 17.3. The van der Waals surface area contributed by atoms with E-state index in [0.29, 0.717) is 12.5 Å². The SMILES string of the molecule is O=C1CCC(N2C(=O)c3ccc(N4CCC(CNc5ccc([N+](=O)[O-])nc5)CC4)cc3C2=O)C(=O)N1. The predicted molar refractivity (Wildman–Crippen MR) is 127 cm³/mol. The number of anilines is 2. The topological polar surface area (TPSA) is 155 Å². The van der Waals surface area contributed by atoms with Crippen LogP contribution in [0.5, 0.6) is 0 Å². The molecule has 1 aromatic heterocycles. The van der Waals surface area contributed by atoms with E-state index in [9.17, 15) is 29.3 Å². The minimum Gasteiger partial charge on any atom is -0.382 e. The van der Waals surface area contributed by atoms with Crippen LogP contribution in [0.1, 0.15) is 46.4 Å². The number of carbonyl (C=O) groups excluding carboxylic acids is 4. The van der Waals surface area contributed by atoms with Crippen molar-refractivity contribution in [1.29, 1.82) is 0 Å². The van der Waals surface area contributed by atoms with Crippen molar-refractivity contribution in [2.24, 2.45) is 5.92 Å². The van der Waals surface area contributed by atoms with Crippen molar-refractivity contribution in [3.8, 4) is 0 Å². The summed E-state index contributed by atoms with van der Waals surface area (Å²) >= 11 is 0. The molecule has 4 amide bonds. The summed E-state index contributed by atoms with van der Waals surface area (Å²) in [6.07, 6.45) is 3.47. The lowest BCUT2D eigenvalue weighted by atomic mass is 9.96. The molecule has 4 heterocycles. The van der Waals surface area contributed by atoms with Gasteiger partial charge in [-0.3, -0.25) is 29.4 Å². The van der Waals surface area contributed by atoms with Crippen molar-refractivity contribution in [3.63, 3.8) is 0 Å². The number of rotatable bonds is 6. The van der Waals surface area contributed by atoms with Crippen LogP contribution in [0.2, 0.25) is 0 Å². The highest BCUT2D eigenvalue weighted by Gasteiger charge is 2.44. The second-order valence-corrected chi connectivity index (χ2v) is 9.15. The van der Waals surface area contributed by atoms with Gasteiger partial charge >= 0.3 is 5.82 Å². The van der Waals surface area contributed by atoms with E-state index < -0.39 is 34.6 Å². The summed E-state index contributed by atoms with van der Waals surface area (Å²) in [5, 5.41) is 16.2. The maximum Gasteiger partial charge on any atom is 0.363 e. The number of fused-ring (bicyclic) bond motifs is 1. The predicted octanol–water partition coefficient (Wildman–Crippen LogP) is 1.72. The maximum absolute atomic E-state index is 13.1. The molecule has 36 heavy (non-hydrogen) atoms. The van der Waals surface area contributed by atoms with Gasteiger partial charge in [-0.05, 0) is 59.4 Å². The Morgan fingerprint density at radius 2 is 1.78 bits per heavy atom. The number of carbonyl (C=O) groups is 4. The van der Waals surface area contributed by atoms with Crippen molar-refractivity contribution in [3.05, 3.63) is 57.8 Å². The number of nitrogens with one attached hydrogen (secondary N) is 2. The Hall–Kier alpha value is -4.35. The van der Waals surface area contributed by atoms with Crippen LogP contribution in [-0.4, -0.2) is 64.1 Å². The molecule has 0 bridgehead atoms. The minimum absolute atomic E-state index is 0.0829. The molecule has 2 aromatic rings. The van der Waals surface area contributed by atoms with Gasteiger partial charge in [0.2, 0.25) is 11.8 Å². The first-order valence-electron chi connectivity index (χ1n) is 11.8. The zero-order chi connectivity index (χ0) is 25.4. The van der Waals surface area contributed by atoms with Crippen molar-refractivity contribution >= 4 is 40.8 Å². The quantitative estimate of drug-likeness (QED) is 0.348. The largest absolute Gasteiger partial charge is 0.382 e. The summed E-state index contributed by atoms with van der Waals surface area (Å²) in [4.78, 5) is 66.8. The fourth-order valence-electron chi connectivity index (χ4n) is 4.91. The second kappa shape index (κ2) is 9.36. The van der Waals surface area contributed by atoms with E-state index in [-0.39, 0.29) is 29.8 Å². The molecule has 2 N–H and O–H groups in total. The third-order valence-electron chi connectivity index (χ3n) is 6.93. The number of aromatic nitrogens is 1. The lowest BCUT2D eigenvalue weighted by molar-refractivity contribution is -0.389. The lowest BCUT2D eigenvalue weighted by Gasteiger charge is -2.34. The number of hydrogen-bond acceptors (Lipinski definition) is 9. The van der Waals surface area contributed by atoms with E-state index in [0.717, 1.165) is 42.2 Å². The Labute approximate surface area is 205 Å². The standard InChI is InChI=1S/C24H24N6O6/c31-21-6-4-19(22(32)27-21)29-23(33)17-3-2-16(11-18(17)24(29)34)28-9-7-14(8-10-28)12-25-15-1-5-20(26-13-15)30(35)36/h1-3,5,11,13-14,19,25H,4,6-10,12H2,(H,27,31,32). The number of hydrogen-bond donors (Lipinski definition) is 2. The summed E-state index contributed by atoms with van der Waals surface area (Å²) in [5.41, 5.74) is 2.11. The fourth-order valence-corrected chi connectivity index (χ4v) is 4.91. The van der Waals surface area contributed by atoms with Crippen LogP contribution >= 0.6 is 0 Å². The minimum atomic E-state index is -0.979. The fraction of sp³-hybridized carbons (Fsp3) is 0.375. The number of benzene rings is 1. The summed E-state index contributed by atoms with van der Waals surface area (Å²) in [5.74, 6) is -1.84. The Morgan fingerprint density at radius 3 is 2.44 bits per heavy atom. The van der Waals surface area contributed by atoms with E-state index in [4.69, 9.17) is 0 Å². The van der Waals surface area contributed by atoms with Gasteiger partial charge in [-0.15, -0.1) is 0 Å². The van der Waals surface area contributed by atoms with E-state index in [2.05, 4.69) is 20.5 Å². The van der Waals surface area contributed by atoms with E-state index in [1.807, 2.05) is 6.07 Å². The molecule has 2 saturated heterocycles. The van der Waals surface area contributed by atoms with Crippen LogP contribution in [0.25, 0.3) is 0 Å². The molecule has 0 aliphatic carbocycles. The number of amides is 4. The molecule has 1 atom stereocenters. The zero-order valence-electron chi connectivity index (χ0n) is 19.3. The van der Waals surface area contributed by atoms with Gasteiger partial charge in [0.1, 0.15) is 6.04 Å². The van der Waals surface area contributed by atoms with Gasteiger partial charge in [0.05, 0.1) is 16.8 Å². The van der Waals surface area contributed by atoms with E-state index in [1.54, 1.807) is 18.2 Å². The van der Waals surface area contributed by atoms with E-state index in [1.165, 1.54) is 12.3 Å². The van der Waals surface area contributed by atoms with Gasteiger partial charge in [-0.25, -0.2) is 0 Å². The summed E-state index contributed by atoms with van der Waals surface area (Å²) in [6.45, 7) is 2.25. The molecule has 2 fully saturated rings. The molecule has 12 nitrogen and oxygen atoms in total. The monoisotopic (exact) mass is 492 g/mol. The van der Waals surface area contributed by atoms with Gasteiger partial charge in [0.15, 0.2) is 6.20 Å². The van der Waals surface area contributed by atoms with Crippen LogP contribution < -0.4 is 15.5 Å². The Kier molecular flexibility index (Phi) is 6.08. The average molecular weight is 492 g/mol. The third-order valence-corrected chi connectivity index (χ3v) is 6.93. The van der Waals surface area contributed by atoms with Crippen LogP contribution in [0.15, 0.2) is 36.5 Å². The smallest absolute Gasteiger partial charge is 0.363 e. The molecule has 0 radical (unpaired) electrons. The first kappa shape index (κ1) is 23.4. The molecular weight excluding hydrogens is 468 g/mol.